The van der Waals surface area contributed by atoms with Gasteiger partial charge in [0.1, 0.15) is 17.4 Å². The van der Waals surface area contributed by atoms with Crippen molar-refractivity contribution in [2.24, 2.45) is 0 Å². The quantitative estimate of drug-likeness (QED) is 0.175. The summed E-state index contributed by atoms with van der Waals surface area (Å²) in [4.78, 5) is 33.2. The van der Waals surface area contributed by atoms with Gasteiger partial charge < -0.3 is 10.1 Å². The molecule has 3 aromatic carbocycles. The molecule has 0 saturated carbocycles. The SMILES string of the molecule is Cc1cccc(NC(=O)/C(C#N)=C/c2ccc(Oc3ccc([N+](=O)[O-])cc3[N+](=O)[O-])c(Br)c2)c1. The number of halogens is 1. The fraction of sp³-hybridized carbons (Fsp3) is 0.0435. The van der Waals surface area contributed by atoms with Crippen molar-refractivity contribution >= 4 is 45.0 Å². The Morgan fingerprint density at radius 1 is 1.06 bits per heavy atom. The van der Waals surface area contributed by atoms with Crippen molar-refractivity contribution in [3.8, 4) is 17.6 Å². The fourth-order valence-corrected chi connectivity index (χ4v) is 3.37. The number of hydrogen-bond donors (Lipinski definition) is 1. The Hall–Kier alpha value is -4.56. The first-order valence-corrected chi connectivity index (χ1v) is 10.4. The van der Waals surface area contributed by atoms with Gasteiger partial charge in [0.05, 0.1) is 20.4 Å². The third-order valence-corrected chi connectivity index (χ3v) is 5.10. The van der Waals surface area contributed by atoms with Crippen molar-refractivity contribution in [3.63, 3.8) is 0 Å². The fourth-order valence-electron chi connectivity index (χ4n) is 2.89. The van der Waals surface area contributed by atoms with Crippen molar-refractivity contribution in [2.45, 2.75) is 6.92 Å². The number of non-ortho nitro benzene ring substituents is 1. The van der Waals surface area contributed by atoms with Crippen LogP contribution in [0.1, 0.15) is 11.1 Å². The average molecular weight is 523 g/mol. The zero-order valence-electron chi connectivity index (χ0n) is 17.5. The minimum absolute atomic E-state index is 0.131. The molecule has 10 nitrogen and oxygen atoms in total. The van der Waals surface area contributed by atoms with E-state index in [1.807, 2.05) is 19.1 Å². The second-order valence-corrected chi connectivity index (χ2v) is 7.81. The topological polar surface area (TPSA) is 148 Å². The zero-order chi connectivity index (χ0) is 24.8. The van der Waals surface area contributed by atoms with E-state index in [0.29, 0.717) is 15.7 Å². The van der Waals surface area contributed by atoms with Gasteiger partial charge in [0.15, 0.2) is 0 Å². The number of anilines is 1. The number of nitrogens with zero attached hydrogens (tertiary/aromatic N) is 3. The van der Waals surface area contributed by atoms with Gasteiger partial charge in [-0.3, -0.25) is 25.0 Å². The number of aryl methyl sites for hydroxylation is 1. The molecule has 0 aliphatic rings. The number of nitro groups is 2. The lowest BCUT2D eigenvalue weighted by Crippen LogP contribution is -2.13. The van der Waals surface area contributed by atoms with Crippen LogP contribution in [-0.4, -0.2) is 15.8 Å². The van der Waals surface area contributed by atoms with Crippen LogP contribution in [0.2, 0.25) is 0 Å². The predicted molar refractivity (Wildman–Crippen MR) is 127 cm³/mol. The molecule has 0 spiro atoms. The van der Waals surface area contributed by atoms with Gasteiger partial charge in [-0.25, -0.2) is 0 Å². The van der Waals surface area contributed by atoms with Gasteiger partial charge >= 0.3 is 5.69 Å². The Balaban J connectivity index is 1.84. The Labute approximate surface area is 201 Å². The number of nitro benzene ring substituents is 2. The van der Waals surface area contributed by atoms with E-state index in [4.69, 9.17) is 4.74 Å². The van der Waals surface area contributed by atoms with E-state index < -0.39 is 27.1 Å². The van der Waals surface area contributed by atoms with Gasteiger partial charge in [0.2, 0.25) is 5.75 Å². The van der Waals surface area contributed by atoms with Crippen LogP contribution in [0.5, 0.6) is 11.5 Å². The Morgan fingerprint density at radius 3 is 2.41 bits per heavy atom. The monoisotopic (exact) mass is 522 g/mol. The molecule has 0 aliphatic heterocycles. The van der Waals surface area contributed by atoms with Crippen LogP contribution in [0.4, 0.5) is 17.1 Å². The van der Waals surface area contributed by atoms with E-state index in [0.717, 1.165) is 23.8 Å². The van der Waals surface area contributed by atoms with Crippen molar-refractivity contribution in [1.82, 2.24) is 0 Å². The maximum absolute atomic E-state index is 12.5. The summed E-state index contributed by atoms with van der Waals surface area (Å²) in [5, 5.41) is 34.3. The molecule has 1 N–H and O–H groups in total. The highest BCUT2D eigenvalue weighted by molar-refractivity contribution is 9.10. The number of nitriles is 1. The van der Waals surface area contributed by atoms with Crippen molar-refractivity contribution in [1.29, 1.82) is 5.26 Å². The van der Waals surface area contributed by atoms with Crippen LogP contribution in [0.3, 0.4) is 0 Å². The molecule has 1 amide bonds. The first kappa shape index (κ1) is 24.1. The molecule has 0 radical (unpaired) electrons. The maximum atomic E-state index is 12.5. The summed E-state index contributed by atoms with van der Waals surface area (Å²) < 4.78 is 5.96. The highest BCUT2D eigenvalue weighted by atomic mass is 79.9. The number of carbonyl (C=O) groups excluding carboxylic acids is 1. The minimum Gasteiger partial charge on any atom is -0.449 e. The minimum atomic E-state index is -0.778. The molecular formula is C23H15BrN4O6. The summed E-state index contributed by atoms with van der Waals surface area (Å²) >= 11 is 3.30. The standard InChI is InChI=1S/C23H15BrN4O6/c1-14-3-2-4-17(9-14)26-23(29)16(13-25)10-15-5-7-21(19(24)11-15)34-22-8-6-18(27(30)31)12-20(22)28(32)33/h2-12H,1H3,(H,26,29)/b16-10+. The summed E-state index contributed by atoms with van der Waals surface area (Å²) in [6.45, 7) is 1.88. The Bertz CT molecular complexity index is 1380. The number of carbonyl (C=O) groups is 1. The predicted octanol–water partition coefficient (Wildman–Crippen LogP) is 5.91. The molecule has 0 heterocycles. The smallest absolute Gasteiger partial charge is 0.318 e. The third kappa shape index (κ3) is 5.81. The average Bonchev–Trinajstić information content (AvgIpc) is 2.79. The maximum Gasteiger partial charge on any atom is 0.318 e. The van der Waals surface area contributed by atoms with Gasteiger partial charge in [0.25, 0.3) is 11.6 Å². The molecule has 3 aromatic rings. The normalized spacial score (nSPS) is 10.8. The van der Waals surface area contributed by atoms with Crippen LogP contribution in [0.15, 0.2) is 70.7 Å². The van der Waals surface area contributed by atoms with E-state index >= 15 is 0 Å². The second kappa shape index (κ2) is 10.4. The zero-order valence-corrected chi connectivity index (χ0v) is 19.1. The highest BCUT2D eigenvalue weighted by Crippen LogP contribution is 2.37. The van der Waals surface area contributed by atoms with Gasteiger partial charge in [-0.05, 0) is 70.4 Å². The van der Waals surface area contributed by atoms with Crippen LogP contribution in [-0.2, 0) is 4.79 Å². The first-order chi connectivity index (χ1) is 16.2. The first-order valence-electron chi connectivity index (χ1n) is 9.58. The molecule has 0 fully saturated rings. The highest BCUT2D eigenvalue weighted by Gasteiger charge is 2.22. The number of nitrogens with one attached hydrogen (secondary N) is 1. The molecule has 11 heteroatoms. The molecule has 0 unspecified atom stereocenters. The molecule has 0 aliphatic carbocycles. The number of hydrogen-bond acceptors (Lipinski definition) is 7. The molecule has 34 heavy (non-hydrogen) atoms. The summed E-state index contributed by atoms with van der Waals surface area (Å²) in [5.74, 6) is -0.572. The number of rotatable bonds is 7. The van der Waals surface area contributed by atoms with E-state index in [1.54, 1.807) is 30.3 Å². The molecule has 0 aromatic heterocycles. The molecule has 3 rings (SSSR count). The number of benzene rings is 3. The van der Waals surface area contributed by atoms with Gasteiger partial charge in [-0.2, -0.15) is 5.26 Å². The van der Waals surface area contributed by atoms with Crippen LogP contribution < -0.4 is 10.1 Å². The summed E-state index contributed by atoms with van der Waals surface area (Å²) in [6, 6.07) is 16.6. The van der Waals surface area contributed by atoms with Gasteiger partial charge in [-0.1, -0.05) is 18.2 Å². The number of amides is 1. The summed E-state index contributed by atoms with van der Waals surface area (Å²) in [7, 11) is 0. The molecule has 0 saturated heterocycles. The number of ether oxygens (including phenoxy) is 1. The van der Waals surface area contributed by atoms with E-state index in [-0.39, 0.29) is 17.1 Å². The molecule has 0 atom stereocenters. The molecular weight excluding hydrogens is 508 g/mol. The third-order valence-electron chi connectivity index (χ3n) is 4.48. The largest absolute Gasteiger partial charge is 0.449 e. The van der Waals surface area contributed by atoms with Crippen molar-refractivity contribution < 1.29 is 19.4 Å². The van der Waals surface area contributed by atoms with Crippen molar-refractivity contribution in [2.75, 3.05) is 5.32 Å². The lowest BCUT2D eigenvalue weighted by atomic mass is 10.1. The lowest BCUT2D eigenvalue weighted by Gasteiger charge is -2.09. The van der Waals surface area contributed by atoms with Gasteiger partial charge in [-0.15, -0.1) is 0 Å². The lowest BCUT2D eigenvalue weighted by molar-refractivity contribution is -0.394. The second-order valence-electron chi connectivity index (χ2n) is 6.95. The van der Waals surface area contributed by atoms with E-state index in [2.05, 4.69) is 21.2 Å². The van der Waals surface area contributed by atoms with Crippen LogP contribution in [0.25, 0.3) is 6.08 Å². The Morgan fingerprint density at radius 2 is 1.79 bits per heavy atom. The van der Waals surface area contributed by atoms with Crippen LogP contribution in [0, 0.1) is 38.5 Å². The summed E-state index contributed by atoms with van der Waals surface area (Å²) in [5.41, 5.74) is 0.867. The molecule has 0 bridgehead atoms. The van der Waals surface area contributed by atoms with Gasteiger partial charge in [0, 0.05) is 11.8 Å². The Kier molecular flexibility index (Phi) is 7.35. The molecule has 170 valence electrons. The van der Waals surface area contributed by atoms with Crippen LogP contribution >= 0.6 is 15.9 Å². The van der Waals surface area contributed by atoms with Crippen molar-refractivity contribution in [3.05, 3.63) is 102 Å². The van der Waals surface area contributed by atoms with E-state index in [9.17, 15) is 30.3 Å². The summed E-state index contributed by atoms with van der Waals surface area (Å²) in [6.07, 6.45) is 1.38. The van der Waals surface area contributed by atoms with E-state index in [1.165, 1.54) is 12.1 Å².